The molecule has 136 valence electrons. The molecule has 0 amide bonds. The maximum atomic E-state index is 4.61. The van der Waals surface area contributed by atoms with Crippen LogP contribution < -0.4 is 0 Å². The van der Waals surface area contributed by atoms with Gasteiger partial charge in [-0.2, -0.15) is 0 Å². The van der Waals surface area contributed by atoms with E-state index in [4.69, 9.17) is 0 Å². The predicted molar refractivity (Wildman–Crippen MR) is 113 cm³/mol. The molecule has 0 fully saturated rings. The summed E-state index contributed by atoms with van der Waals surface area (Å²) >= 11 is 0. The van der Waals surface area contributed by atoms with Crippen molar-refractivity contribution < 1.29 is 0 Å². The fraction of sp³-hybridized carbons (Fsp3) is 0.0833. The number of imidazole rings is 2. The topological polar surface area (TPSA) is 57.4 Å². The molecule has 2 N–H and O–H groups in total. The van der Waals surface area contributed by atoms with E-state index in [2.05, 4.69) is 74.6 Å². The lowest BCUT2D eigenvalue weighted by Gasteiger charge is -2.10. The molecule has 0 bridgehead atoms. The third-order valence-corrected chi connectivity index (χ3v) is 5.05. The third kappa shape index (κ3) is 3.21. The van der Waals surface area contributed by atoms with E-state index in [9.17, 15) is 0 Å². The molecule has 1 unspecified atom stereocenters. The molecule has 2 aromatic carbocycles. The van der Waals surface area contributed by atoms with Crippen molar-refractivity contribution in [2.75, 3.05) is 0 Å². The zero-order valence-electron chi connectivity index (χ0n) is 15.3. The predicted octanol–water partition coefficient (Wildman–Crippen LogP) is 5.73. The number of aromatic amines is 2. The molecule has 0 aliphatic heterocycles. The molecule has 0 saturated heterocycles. The zero-order chi connectivity index (χ0) is 18.8. The minimum atomic E-state index is 0.368. The molecule has 0 saturated carbocycles. The van der Waals surface area contributed by atoms with Crippen molar-refractivity contribution in [3.05, 3.63) is 97.0 Å². The summed E-state index contributed by atoms with van der Waals surface area (Å²) in [5.74, 6) is 2.11. The average molecular weight is 364 g/mol. The molecular formula is C24H20N4. The highest BCUT2D eigenvalue weighted by Gasteiger charge is 2.13. The minimum absolute atomic E-state index is 0.368. The van der Waals surface area contributed by atoms with Crippen LogP contribution in [0.4, 0.5) is 0 Å². The fourth-order valence-corrected chi connectivity index (χ4v) is 3.53. The van der Waals surface area contributed by atoms with Gasteiger partial charge in [-0.1, -0.05) is 72.8 Å². The van der Waals surface area contributed by atoms with E-state index in [0.29, 0.717) is 5.92 Å². The maximum Gasteiger partial charge on any atom is 0.137 e. The molecule has 0 spiro atoms. The molecule has 2 heterocycles. The number of allylic oxidation sites excluding steroid dienone is 4. The van der Waals surface area contributed by atoms with Crippen molar-refractivity contribution in [2.45, 2.75) is 12.3 Å². The van der Waals surface area contributed by atoms with Crippen molar-refractivity contribution in [1.29, 1.82) is 0 Å². The fourth-order valence-electron chi connectivity index (χ4n) is 3.53. The van der Waals surface area contributed by atoms with Crippen molar-refractivity contribution in [3.63, 3.8) is 0 Å². The Labute approximate surface area is 163 Å². The number of nitrogens with one attached hydrogen (secondary N) is 2. The second kappa shape index (κ2) is 7.16. The number of hydrogen-bond acceptors (Lipinski definition) is 2. The molecular weight excluding hydrogens is 344 g/mol. The Kier molecular flexibility index (Phi) is 4.22. The summed E-state index contributed by atoms with van der Waals surface area (Å²) in [5.41, 5.74) is 5.38. The quantitative estimate of drug-likeness (QED) is 0.485. The van der Waals surface area contributed by atoms with Gasteiger partial charge in [0.15, 0.2) is 0 Å². The van der Waals surface area contributed by atoms with Crippen LogP contribution in [0.3, 0.4) is 0 Å². The number of H-pyrrole nitrogens is 2. The van der Waals surface area contributed by atoms with Crippen LogP contribution in [0, 0.1) is 0 Å². The van der Waals surface area contributed by atoms with Gasteiger partial charge in [0.1, 0.15) is 11.6 Å². The van der Waals surface area contributed by atoms with Gasteiger partial charge in [0, 0.05) is 28.9 Å². The van der Waals surface area contributed by atoms with Crippen LogP contribution in [0.5, 0.6) is 0 Å². The Hall–Kier alpha value is -3.66. The Morgan fingerprint density at radius 1 is 0.750 bits per heavy atom. The third-order valence-electron chi connectivity index (χ3n) is 5.05. The number of benzene rings is 2. The van der Waals surface area contributed by atoms with Crippen LogP contribution >= 0.6 is 0 Å². The second-order valence-electron chi connectivity index (χ2n) is 6.93. The second-order valence-corrected chi connectivity index (χ2v) is 6.93. The SMILES string of the molecule is C1=CCC(c2cnc(-c3cccc(-c4ncc(-c5ccccc5)[nH]4)c3)[nH]2)C=C1. The molecule has 0 radical (unpaired) electrons. The Balaban J connectivity index is 1.43. The van der Waals surface area contributed by atoms with E-state index in [1.54, 1.807) is 0 Å². The first-order valence-corrected chi connectivity index (χ1v) is 9.46. The summed E-state index contributed by atoms with van der Waals surface area (Å²) in [7, 11) is 0. The van der Waals surface area contributed by atoms with Crippen molar-refractivity contribution >= 4 is 0 Å². The normalized spacial score (nSPS) is 15.8. The van der Waals surface area contributed by atoms with E-state index < -0.39 is 0 Å². The molecule has 4 nitrogen and oxygen atoms in total. The van der Waals surface area contributed by atoms with Crippen molar-refractivity contribution in [3.8, 4) is 34.0 Å². The molecule has 2 aromatic heterocycles. The van der Waals surface area contributed by atoms with Gasteiger partial charge in [0.25, 0.3) is 0 Å². The summed E-state index contributed by atoms with van der Waals surface area (Å²) in [4.78, 5) is 16.1. The first kappa shape index (κ1) is 16.5. The van der Waals surface area contributed by atoms with Crippen molar-refractivity contribution in [2.24, 2.45) is 0 Å². The van der Waals surface area contributed by atoms with E-state index in [1.165, 1.54) is 0 Å². The highest BCUT2D eigenvalue weighted by Crippen LogP contribution is 2.28. The molecule has 1 aliphatic carbocycles. The largest absolute Gasteiger partial charge is 0.341 e. The van der Waals surface area contributed by atoms with E-state index >= 15 is 0 Å². The van der Waals surface area contributed by atoms with Crippen LogP contribution in [0.1, 0.15) is 18.0 Å². The number of hydrogen-bond donors (Lipinski definition) is 2. The molecule has 4 aromatic rings. The van der Waals surface area contributed by atoms with Crippen LogP contribution in [-0.4, -0.2) is 19.9 Å². The zero-order valence-corrected chi connectivity index (χ0v) is 15.3. The van der Waals surface area contributed by atoms with Gasteiger partial charge in [-0.3, -0.25) is 0 Å². The summed E-state index contributed by atoms with van der Waals surface area (Å²) in [6.45, 7) is 0. The monoisotopic (exact) mass is 364 g/mol. The van der Waals surface area contributed by atoms with Gasteiger partial charge in [-0.05, 0) is 18.1 Å². The van der Waals surface area contributed by atoms with Gasteiger partial charge in [0.05, 0.1) is 11.9 Å². The number of aromatic nitrogens is 4. The summed E-state index contributed by atoms with van der Waals surface area (Å²) in [6, 6.07) is 18.5. The standard InChI is InChI=1S/C24H20N4/c1-3-8-17(9-4-1)21-15-25-23(27-21)19-12-7-13-20(14-19)24-26-16-22(28-24)18-10-5-2-6-11-18/h1-10,12-16,18H,11H2,(H,25,27)(H,26,28). The van der Waals surface area contributed by atoms with Crippen molar-refractivity contribution in [1.82, 2.24) is 19.9 Å². The van der Waals surface area contributed by atoms with E-state index in [1.807, 2.05) is 36.7 Å². The molecule has 1 atom stereocenters. The number of rotatable bonds is 4. The van der Waals surface area contributed by atoms with Crippen LogP contribution in [0.15, 0.2) is 91.3 Å². The van der Waals surface area contributed by atoms with E-state index in [-0.39, 0.29) is 0 Å². The smallest absolute Gasteiger partial charge is 0.137 e. The molecule has 1 aliphatic rings. The van der Waals surface area contributed by atoms with Gasteiger partial charge in [-0.15, -0.1) is 0 Å². The Bertz CT molecular complexity index is 1150. The summed E-state index contributed by atoms with van der Waals surface area (Å²) in [6.07, 6.45) is 13.4. The molecule has 28 heavy (non-hydrogen) atoms. The van der Waals surface area contributed by atoms with Crippen LogP contribution in [0.2, 0.25) is 0 Å². The lowest BCUT2D eigenvalue weighted by Crippen LogP contribution is -1.96. The van der Waals surface area contributed by atoms with Gasteiger partial charge in [-0.25, -0.2) is 9.97 Å². The summed E-state index contributed by atoms with van der Waals surface area (Å²) in [5, 5.41) is 0. The van der Waals surface area contributed by atoms with Gasteiger partial charge >= 0.3 is 0 Å². The molecule has 4 heteroatoms. The molecule has 5 rings (SSSR count). The lowest BCUT2D eigenvalue weighted by molar-refractivity contribution is 0.825. The highest BCUT2D eigenvalue weighted by atomic mass is 14.9. The van der Waals surface area contributed by atoms with Gasteiger partial charge in [0.2, 0.25) is 0 Å². The Morgan fingerprint density at radius 3 is 2.29 bits per heavy atom. The average Bonchev–Trinajstić information content (AvgIpc) is 3.46. The first-order chi connectivity index (χ1) is 13.9. The Morgan fingerprint density at radius 2 is 1.50 bits per heavy atom. The highest BCUT2D eigenvalue weighted by molar-refractivity contribution is 5.69. The number of nitrogens with zero attached hydrogens (tertiary/aromatic N) is 2. The van der Waals surface area contributed by atoms with E-state index in [0.717, 1.165) is 46.1 Å². The van der Waals surface area contributed by atoms with Gasteiger partial charge < -0.3 is 9.97 Å². The van der Waals surface area contributed by atoms with Crippen LogP contribution in [-0.2, 0) is 0 Å². The lowest BCUT2D eigenvalue weighted by atomic mass is 9.98. The maximum absolute atomic E-state index is 4.61. The minimum Gasteiger partial charge on any atom is -0.341 e. The summed E-state index contributed by atoms with van der Waals surface area (Å²) < 4.78 is 0. The first-order valence-electron chi connectivity index (χ1n) is 9.46. The van der Waals surface area contributed by atoms with Crippen LogP contribution in [0.25, 0.3) is 34.0 Å².